The van der Waals surface area contributed by atoms with Gasteiger partial charge < -0.3 is 5.73 Å². The van der Waals surface area contributed by atoms with Crippen molar-refractivity contribution in [3.05, 3.63) is 24.0 Å². The second kappa shape index (κ2) is 7.59. The minimum absolute atomic E-state index is 0.227. The first-order chi connectivity index (χ1) is 9.40. The van der Waals surface area contributed by atoms with Crippen LogP contribution < -0.4 is 10.5 Å². The normalized spacial score (nSPS) is 13.3. The van der Waals surface area contributed by atoms with Crippen LogP contribution in [0.1, 0.15) is 39.5 Å². The van der Waals surface area contributed by atoms with E-state index in [4.69, 9.17) is 5.73 Å². The molecule has 0 saturated heterocycles. The maximum Gasteiger partial charge on any atom is 0.243 e. The maximum atomic E-state index is 13.6. The average Bonchev–Trinajstić information content (AvgIpc) is 2.41. The van der Waals surface area contributed by atoms with Crippen LogP contribution in [0.2, 0.25) is 0 Å². The molecule has 0 amide bonds. The van der Waals surface area contributed by atoms with Gasteiger partial charge in [-0.25, -0.2) is 17.5 Å². The summed E-state index contributed by atoms with van der Waals surface area (Å²) in [5.74, 6) is -0.512. The Kier molecular flexibility index (Phi) is 6.42. The van der Waals surface area contributed by atoms with Crippen LogP contribution in [0.5, 0.6) is 0 Å². The molecule has 0 heterocycles. The first kappa shape index (κ1) is 16.9. The molecule has 1 atom stereocenters. The van der Waals surface area contributed by atoms with Gasteiger partial charge in [0.2, 0.25) is 10.0 Å². The topological polar surface area (TPSA) is 72.2 Å². The summed E-state index contributed by atoms with van der Waals surface area (Å²) in [6.07, 6.45) is 4.00. The Morgan fingerprint density at radius 2 is 2.05 bits per heavy atom. The average molecular weight is 302 g/mol. The molecule has 4 nitrogen and oxygen atoms in total. The van der Waals surface area contributed by atoms with Crippen molar-refractivity contribution in [3.63, 3.8) is 0 Å². The molecule has 1 aromatic rings. The van der Waals surface area contributed by atoms with Gasteiger partial charge in [-0.15, -0.1) is 0 Å². The number of nitrogens with one attached hydrogen (secondary N) is 1. The van der Waals surface area contributed by atoms with E-state index in [-0.39, 0.29) is 16.5 Å². The highest BCUT2D eigenvalue weighted by molar-refractivity contribution is 7.89. The van der Waals surface area contributed by atoms with Crippen molar-refractivity contribution in [1.29, 1.82) is 0 Å². The fraction of sp³-hybridized carbons (Fsp3) is 0.571. The van der Waals surface area contributed by atoms with Crippen molar-refractivity contribution in [2.45, 2.75) is 44.4 Å². The molecule has 0 aliphatic heterocycles. The van der Waals surface area contributed by atoms with Crippen LogP contribution in [0, 0.1) is 11.7 Å². The summed E-state index contributed by atoms with van der Waals surface area (Å²) in [4.78, 5) is -0.386. The van der Waals surface area contributed by atoms with Gasteiger partial charge in [-0.05, 0) is 30.5 Å². The molecule has 0 radical (unpaired) electrons. The van der Waals surface area contributed by atoms with Gasteiger partial charge in [-0.2, -0.15) is 0 Å². The number of unbranched alkanes of at least 4 members (excludes halogenated alkanes) is 1. The molecule has 0 aromatic heterocycles. The number of nitrogen functional groups attached to an aromatic ring is 1. The smallest absolute Gasteiger partial charge is 0.243 e. The molecular weight excluding hydrogens is 279 g/mol. The zero-order valence-corrected chi connectivity index (χ0v) is 12.8. The van der Waals surface area contributed by atoms with Crippen LogP contribution in [-0.4, -0.2) is 15.0 Å². The second-order valence-corrected chi connectivity index (χ2v) is 6.69. The molecule has 0 aliphatic carbocycles. The quantitative estimate of drug-likeness (QED) is 0.725. The van der Waals surface area contributed by atoms with E-state index in [9.17, 15) is 12.8 Å². The van der Waals surface area contributed by atoms with Crippen LogP contribution >= 0.6 is 0 Å². The predicted molar refractivity (Wildman–Crippen MR) is 79.3 cm³/mol. The monoisotopic (exact) mass is 302 g/mol. The SMILES string of the molecule is CCCCC(CC)CNS(=O)(=O)c1cc(N)ccc1F. The summed E-state index contributed by atoms with van der Waals surface area (Å²) in [6, 6.07) is 3.55. The lowest BCUT2D eigenvalue weighted by Gasteiger charge is -2.15. The number of nitrogens with two attached hydrogens (primary N) is 1. The van der Waals surface area contributed by atoms with Crippen molar-refractivity contribution >= 4 is 15.7 Å². The highest BCUT2D eigenvalue weighted by Gasteiger charge is 2.20. The molecule has 0 fully saturated rings. The Balaban J connectivity index is 2.76. The summed E-state index contributed by atoms with van der Waals surface area (Å²) >= 11 is 0. The summed E-state index contributed by atoms with van der Waals surface area (Å²) in [5.41, 5.74) is 5.74. The number of hydrogen-bond acceptors (Lipinski definition) is 3. The predicted octanol–water partition coefficient (Wildman–Crippen LogP) is 2.90. The second-order valence-electron chi connectivity index (χ2n) is 4.96. The third-order valence-electron chi connectivity index (χ3n) is 3.35. The molecule has 20 heavy (non-hydrogen) atoms. The van der Waals surface area contributed by atoms with Crippen LogP contribution in [0.15, 0.2) is 23.1 Å². The summed E-state index contributed by atoms with van der Waals surface area (Å²) in [7, 11) is -3.85. The summed E-state index contributed by atoms with van der Waals surface area (Å²) in [6.45, 7) is 4.45. The van der Waals surface area contributed by atoms with Gasteiger partial charge >= 0.3 is 0 Å². The van der Waals surface area contributed by atoms with Crippen molar-refractivity contribution in [1.82, 2.24) is 4.72 Å². The minimum Gasteiger partial charge on any atom is -0.399 e. The van der Waals surface area contributed by atoms with Gasteiger partial charge in [-0.3, -0.25) is 0 Å². The fourth-order valence-corrected chi connectivity index (χ4v) is 3.20. The number of hydrogen-bond donors (Lipinski definition) is 2. The number of sulfonamides is 1. The van der Waals surface area contributed by atoms with E-state index in [2.05, 4.69) is 11.6 Å². The van der Waals surface area contributed by atoms with Crippen LogP contribution in [-0.2, 0) is 10.0 Å². The Hall–Kier alpha value is -1.14. The van der Waals surface area contributed by atoms with E-state index in [0.29, 0.717) is 6.54 Å². The van der Waals surface area contributed by atoms with Crippen molar-refractivity contribution in [2.75, 3.05) is 12.3 Å². The zero-order valence-electron chi connectivity index (χ0n) is 12.0. The van der Waals surface area contributed by atoms with E-state index in [1.807, 2.05) is 6.92 Å². The lowest BCUT2D eigenvalue weighted by Crippen LogP contribution is -2.30. The van der Waals surface area contributed by atoms with E-state index in [0.717, 1.165) is 37.8 Å². The molecule has 0 spiro atoms. The third-order valence-corrected chi connectivity index (χ3v) is 4.79. The van der Waals surface area contributed by atoms with Gasteiger partial charge in [0.25, 0.3) is 0 Å². The van der Waals surface area contributed by atoms with E-state index in [1.165, 1.54) is 6.07 Å². The number of rotatable bonds is 8. The lowest BCUT2D eigenvalue weighted by atomic mass is 10.00. The Morgan fingerprint density at radius 1 is 1.35 bits per heavy atom. The third kappa shape index (κ3) is 4.76. The lowest BCUT2D eigenvalue weighted by molar-refractivity contribution is 0.443. The molecule has 1 aromatic carbocycles. The van der Waals surface area contributed by atoms with Crippen LogP contribution in [0.3, 0.4) is 0 Å². The Bertz CT molecular complexity index is 532. The standard InChI is InChI=1S/C14H23FN2O2S/c1-3-5-6-11(4-2)10-17-20(18,19)14-9-12(16)7-8-13(14)15/h7-9,11,17H,3-6,10,16H2,1-2H3. The van der Waals surface area contributed by atoms with Gasteiger partial charge in [0.05, 0.1) is 0 Å². The molecule has 1 rings (SSSR count). The first-order valence-corrected chi connectivity index (χ1v) is 8.43. The number of halogens is 1. The molecule has 1 unspecified atom stereocenters. The van der Waals surface area contributed by atoms with Crippen molar-refractivity contribution in [2.24, 2.45) is 5.92 Å². The van der Waals surface area contributed by atoms with Crippen molar-refractivity contribution < 1.29 is 12.8 Å². The number of benzene rings is 1. The van der Waals surface area contributed by atoms with Gasteiger partial charge in [0.15, 0.2) is 0 Å². The van der Waals surface area contributed by atoms with Crippen molar-refractivity contribution in [3.8, 4) is 0 Å². The summed E-state index contributed by atoms with van der Waals surface area (Å²) in [5, 5.41) is 0. The molecule has 0 saturated carbocycles. The summed E-state index contributed by atoms with van der Waals surface area (Å²) < 4.78 is 40.3. The fourth-order valence-electron chi connectivity index (χ4n) is 1.97. The van der Waals surface area contributed by atoms with E-state index >= 15 is 0 Å². The largest absolute Gasteiger partial charge is 0.399 e. The molecule has 114 valence electrons. The maximum absolute atomic E-state index is 13.6. The molecular formula is C14H23FN2O2S. The highest BCUT2D eigenvalue weighted by Crippen LogP contribution is 2.18. The number of anilines is 1. The Morgan fingerprint density at radius 3 is 2.65 bits per heavy atom. The molecule has 0 aliphatic rings. The first-order valence-electron chi connectivity index (χ1n) is 6.95. The van der Waals surface area contributed by atoms with Crippen LogP contribution in [0.25, 0.3) is 0 Å². The van der Waals surface area contributed by atoms with Gasteiger partial charge in [-0.1, -0.05) is 33.1 Å². The molecule has 3 N–H and O–H groups in total. The Labute approximate surface area is 120 Å². The van der Waals surface area contributed by atoms with E-state index in [1.54, 1.807) is 0 Å². The van der Waals surface area contributed by atoms with Gasteiger partial charge in [0, 0.05) is 12.2 Å². The minimum atomic E-state index is -3.85. The molecule has 6 heteroatoms. The van der Waals surface area contributed by atoms with E-state index < -0.39 is 15.8 Å². The van der Waals surface area contributed by atoms with Gasteiger partial charge in [0.1, 0.15) is 10.7 Å². The van der Waals surface area contributed by atoms with Crippen LogP contribution in [0.4, 0.5) is 10.1 Å². The molecule has 0 bridgehead atoms. The zero-order chi connectivity index (χ0) is 15.2. The highest BCUT2D eigenvalue weighted by atomic mass is 32.2.